The molecule has 0 atom stereocenters. The minimum atomic E-state index is -1.33. The summed E-state index contributed by atoms with van der Waals surface area (Å²) in [5.74, 6) is 0. The van der Waals surface area contributed by atoms with Gasteiger partial charge in [0, 0.05) is 6.54 Å². The van der Waals surface area contributed by atoms with Gasteiger partial charge < -0.3 is 21.4 Å². The molecule has 0 aromatic carbocycles. The Kier molecular flexibility index (Phi) is 5.98. The molecule has 0 spiro atoms. The van der Waals surface area contributed by atoms with Gasteiger partial charge in [-0.3, -0.25) is 0 Å². The maximum atomic E-state index is 8.78. The zero-order chi connectivity index (χ0) is 10.1. The number of rotatable bonds is 3. The predicted octanol–water partition coefficient (Wildman–Crippen LogP) is -1.11. The zero-order valence-corrected chi connectivity index (χ0v) is 6.96. The molecule has 0 aliphatic heterocycles. The minimum Gasteiger partial charge on any atom is -0.465 e. The van der Waals surface area contributed by atoms with Crippen molar-refractivity contribution in [3.63, 3.8) is 0 Å². The van der Waals surface area contributed by atoms with Gasteiger partial charge in [0.2, 0.25) is 0 Å². The van der Waals surface area contributed by atoms with Crippen molar-refractivity contribution in [3.8, 4) is 0 Å². The van der Waals surface area contributed by atoms with E-state index in [0.717, 1.165) is 0 Å². The number of primary amides is 1. The molecule has 1 aromatic rings. The second kappa shape index (κ2) is 6.92. The van der Waals surface area contributed by atoms with Crippen LogP contribution < -0.4 is 16.3 Å². The predicted molar refractivity (Wildman–Crippen MR) is 44.9 cm³/mol. The van der Waals surface area contributed by atoms with E-state index in [-0.39, 0.29) is 0 Å². The Morgan fingerprint density at radius 3 is 2.69 bits per heavy atom. The van der Waals surface area contributed by atoms with E-state index in [2.05, 4.69) is 10.8 Å². The van der Waals surface area contributed by atoms with Gasteiger partial charge in [-0.2, -0.15) is 0 Å². The fourth-order valence-electron chi connectivity index (χ4n) is 0.477. The molecule has 7 heteroatoms. The van der Waals surface area contributed by atoms with Crippen LogP contribution in [-0.4, -0.2) is 34.3 Å². The summed E-state index contributed by atoms with van der Waals surface area (Å²) in [6.45, 7) is 1.02. The van der Waals surface area contributed by atoms with Gasteiger partial charge in [0.1, 0.15) is 6.61 Å². The number of hydrogen-bond donors (Lipinski definition) is 3. The SMILES string of the molecule is NC(=O)O.NCCOn1cccn1. The van der Waals surface area contributed by atoms with Gasteiger partial charge in [0.25, 0.3) is 0 Å². The van der Waals surface area contributed by atoms with E-state index in [1.54, 1.807) is 18.5 Å². The van der Waals surface area contributed by atoms with Gasteiger partial charge in [0.15, 0.2) is 0 Å². The summed E-state index contributed by atoms with van der Waals surface area (Å²) in [4.78, 5) is 15.1. The molecule has 0 aliphatic carbocycles. The van der Waals surface area contributed by atoms with Crippen molar-refractivity contribution in [1.29, 1.82) is 0 Å². The number of nitrogens with two attached hydrogens (primary N) is 2. The quantitative estimate of drug-likeness (QED) is 0.556. The molecule has 74 valence electrons. The lowest BCUT2D eigenvalue weighted by atomic mass is 10.7. The summed E-state index contributed by atoms with van der Waals surface area (Å²) in [6, 6.07) is 1.79. The van der Waals surface area contributed by atoms with Crippen molar-refractivity contribution < 1.29 is 14.7 Å². The Labute approximate surface area is 74.8 Å². The summed E-state index contributed by atoms with van der Waals surface area (Å²) in [5.41, 5.74) is 9.21. The third-order valence-electron chi connectivity index (χ3n) is 0.822. The largest absolute Gasteiger partial charge is 0.465 e. The van der Waals surface area contributed by atoms with E-state index in [1.165, 1.54) is 4.85 Å². The Morgan fingerprint density at radius 2 is 2.31 bits per heavy atom. The first-order chi connectivity index (χ1) is 6.16. The van der Waals surface area contributed by atoms with E-state index in [1.807, 2.05) is 0 Å². The molecule has 1 amide bonds. The molecule has 13 heavy (non-hydrogen) atoms. The molecule has 0 unspecified atom stereocenters. The van der Waals surface area contributed by atoms with Crippen molar-refractivity contribution >= 4 is 6.09 Å². The third kappa shape index (κ3) is 8.14. The van der Waals surface area contributed by atoms with E-state index in [4.69, 9.17) is 20.5 Å². The number of amides is 1. The topological polar surface area (TPSA) is 116 Å². The lowest BCUT2D eigenvalue weighted by molar-refractivity contribution is 0.0882. The highest BCUT2D eigenvalue weighted by Gasteiger charge is 1.84. The Bertz CT molecular complexity index is 220. The smallest absolute Gasteiger partial charge is 0.402 e. The van der Waals surface area contributed by atoms with Gasteiger partial charge in [-0.15, -0.1) is 9.94 Å². The number of carboxylic acid groups (broad SMARTS) is 1. The van der Waals surface area contributed by atoms with Crippen LogP contribution in [0.15, 0.2) is 18.5 Å². The van der Waals surface area contributed by atoms with Crippen molar-refractivity contribution in [2.45, 2.75) is 0 Å². The van der Waals surface area contributed by atoms with Crippen molar-refractivity contribution in [2.24, 2.45) is 11.5 Å². The monoisotopic (exact) mass is 188 g/mol. The van der Waals surface area contributed by atoms with Crippen LogP contribution in [0.3, 0.4) is 0 Å². The van der Waals surface area contributed by atoms with E-state index < -0.39 is 6.09 Å². The molecular weight excluding hydrogens is 176 g/mol. The average molecular weight is 188 g/mol. The Morgan fingerprint density at radius 1 is 1.69 bits per heavy atom. The minimum absolute atomic E-state index is 0.502. The van der Waals surface area contributed by atoms with Crippen LogP contribution in [0, 0.1) is 0 Å². The summed E-state index contributed by atoms with van der Waals surface area (Å²) in [7, 11) is 0. The van der Waals surface area contributed by atoms with E-state index >= 15 is 0 Å². The van der Waals surface area contributed by atoms with Gasteiger partial charge in [-0.05, 0) is 6.07 Å². The average Bonchev–Trinajstić information content (AvgIpc) is 2.51. The molecule has 5 N–H and O–H groups in total. The Balaban J connectivity index is 0.000000310. The standard InChI is InChI=1S/C5H9N3O.CH3NO2/c6-2-5-9-8-4-1-3-7-8;2-1(3)4/h1,3-4H,2,5-6H2;2H2,(H,3,4). The van der Waals surface area contributed by atoms with Crippen LogP contribution in [0.2, 0.25) is 0 Å². The fraction of sp³-hybridized carbons (Fsp3) is 0.333. The van der Waals surface area contributed by atoms with Gasteiger partial charge in [-0.25, -0.2) is 4.79 Å². The Hall–Kier alpha value is -1.76. The number of hydrogen-bond acceptors (Lipinski definition) is 4. The van der Waals surface area contributed by atoms with Crippen LogP contribution in [-0.2, 0) is 0 Å². The molecule has 1 rings (SSSR count). The normalized spacial score (nSPS) is 8.38. The maximum Gasteiger partial charge on any atom is 0.402 e. The van der Waals surface area contributed by atoms with Gasteiger partial charge in [0.05, 0.1) is 12.4 Å². The highest BCUT2D eigenvalue weighted by atomic mass is 16.7. The molecule has 0 aliphatic rings. The first kappa shape index (κ1) is 11.2. The van der Waals surface area contributed by atoms with Crippen molar-refractivity contribution in [3.05, 3.63) is 18.5 Å². The fourth-order valence-corrected chi connectivity index (χ4v) is 0.477. The first-order valence-corrected chi connectivity index (χ1v) is 3.48. The van der Waals surface area contributed by atoms with Gasteiger partial charge in [-0.1, -0.05) is 0 Å². The van der Waals surface area contributed by atoms with Gasteiger partial charge >= 0.3 is 6.09 Å². The molecular formula is C6H12N4O3. The molecule has 1 heterocycles. The van der Waals surface area contributed by atoms with Crippen molar-refractivity contribution in [1.82, 2.24) is 9.94 Å². The summed E-state index contributed by atoms with van der Waals surface area (Å²) < 4.78 is 0. The number of carbonyl (C=O) groups is 1. The number of aromatic nitrogens is 2. The molecule has 0 radical (unpaired) electrons. The highest BCUT2D eigenvalue weighted by molar-refractivity contribution is 5.61. The molecule has 0 bridgehead atoms. The summed E-state index contributed by atoms with van der Waals surface area (Å²) in [5, 5.41) is 11.0. The maximum absolute atomic E-state index is 8.78. The first-order valence-electron chi connectivity index (χ1n) is 3.48. The zero-order valence-electron chi connectivity index (χ0n) is 6.96. The lowest BCUT2D eigenvalue weighted by Gasteiger charge is -2.00. The van der Waals surface area contributed by atoms with Crippen LogP contribution in [0.25, 0.3) is 0 Å². The second-order valence-electron chi connectivity index (χ2n) is 1.87. The van der Waals surface area contributed by atoms with Crippen LogP contribution >= 0.6 is 0 Å². The second-order valence-corrected chi connectivity index (χ2v) is 1.87. The van der Waals surface area contributed by atoms with Crippen LogP contribution in [0.5, 0.6) is 0 Å². The molecule has 0 saturated carbocycles. The molecule has 7 nitrogen and oxygen atoms in total. The molecule has 0 saturated heterocycles. The van der Waals surface area contributed by atoms with E-state index in [0.29, 0.717) is 13.2 Å². The van der Waals surface area contributed by atoms with Crippen LogP contribution in [0.1, 0.15) is 0 Å². The number of nitrogens with zero attached hydrogens (tertiary/aromatic N) is 2. The van der Waals surface area contributed by atoms with E-state index in [9.17, 15) is 0 Å². The lowest BCUT2D eigenvalue weighted by Crippen LogP contribution is -2.19. The third-order valence-corrected chi connectivity index (χ3v) is 0.822. The summed E-state index contributed by atoms with van der Waals surface area (Å²) >= 11 is 0. The molecule has 0 fully saturated rings. The highest BCUT2D eigenvalue weighted by Crippen LogP contribution is 1.77. The van der Waals surface area contributed by atoms with Crippen molar-refractivity contribution in [2.75, 3.05) is 13.2 Å². The molecule has 1 aromatic heterocycles. The van der Waals surface area contributed by atoms with Crippen LogP contribution in [0.4, 0.5) is 4.79 Å². The summed E-state index contributed by atoms with van der Waals surface area (Å²) in [6.07, 6.45) is 2.03.